The third-order valence-electron chi connectivity index (χ3n) is 3.86. The number of hydrogen-bond donors (Lipinski definition) is 1. The van der Waals surface area contributed by atoms with Gasteiger partial charge in [-0.2, -0.15) is 0 Å². The number of carbonyl (C=O) groups excluding carboxylic acids is 1. The summed E-state index contributed by atoms with van der Waals surface area (Å²) < 4.78 is 5.25. The highest BCUT2D eigenvalue weighted by Crippen LogP contribution is 2.39. The topological polar surface area (TPSA) is 55.6 Å². The van der Waals surface area contributed by atoms with E-state index in [-0.39, 0.29) is 11.9 Å². The molecule has 2 aromatic carbocycles. The predicted octanol–water partition coefficient (Wildman–Crippen LogP) is 2.42. The Hall–Kier alpha value is -2.33. The molecule has 2 aromatic rings. The van der Waals surface area contributed by atoms with Crippen LogP contribution in [0.1, 0.15) is 17.2 Å². The van der Waals surface area contributed by atoms with Crippen molar-refractivity contribution in [3.05, 3.63) is 59.7 Å². The Kier molecular flexibility index (Phi) is 3.39. The monoisotopic (exact) mass is 282 g/mol. The van der Waals surface area contributed by atoms with E-state index in [9.17, 15) is 4.79 Å². The average molecular weight is 282 g/mol. The first-order valence-electron chi connectivity index (χ1n) is 6.91. The molecule has 0 aliphatic carbocycles. The molecule has 21 heavy (non-hydrogen) atoms. The van der Waals surface area contributed by atoms with Crippen molar-refractivity contribution in [2.24, 2.45) is 5.73 Å². The van der Waals surface area contributed by atoms with Gasteiger partial charge in [0.2, 0.25) is 5.91 Å². The molecule has 4 nitrogen and oxygen atoms in total. The zero-order valence-electron chi connectivity index (χ0n) is 12.1. The Morgan fingerprint density at radius 1 is 1.14 bits per heavy atom. The van der Waals surface area contributed by atoms with Crippen LogP contribution < -0.4 is 15.4 Å². The van der Waals surface area contributed by atoms with Gasteiger partial charge in [0.1, 0.15) is 11.8 Å². The molecule has 1 aliphatic rings. The number of carbonyl (C=O) groups is 1. The number of benzene rings is 2. The average Bonchev–Trinajstić information content (AvgIpc) is 2.51. The van der Waals surface area contributed by atoms with Crippen LogP contribution in [0.5, 0.6) is 5.75 Å². The largest absolute Gasteiger partial charge is 0.497 e. The van der Waals surface area contributed by atoms with Gasteiger partial charge in [0.05, 0.1) is 13.2 Å². The van der Waals surface area contributed by atoms with Gasteiger partial charge in [-0.25, -0.2) is 0 Å². The second kappa shape index (κ2) is 5.22. The van der Waals surface area contributed by atoms with Crippen molar-refractivity contribution in [1.29, 1.82) is 0 Å². The maximum Gasteiger partial charge on any atom is 0.247 e. The molecule has 4 heteroatoms. The molecule has 2 atom stereocenters. The lowest BCUT2D eigenvalue weighted by Crippen LogP contribution is -2.63. The van der Waals surface area contributed by atoms with Crippen molar-refractivity contribution in [3.63, 3.8) is 0 Å². The van der Waals surface area contributed by atoms with Gasteiger partial charge in [-0.3, -0.25) is 4.79 Å². The molecule has 1 saturated heterocycles. The van der Waals surface area contributed by atoms with Crippen molar-refractivity contribution in [2.75, 3.05) is 12.0 Å². The minimum Gasteiger partial charge on any atom is -0.497 e. The lowest BCUT2D eigenvalue weighted by Gasteiger charge is -2.45. The smallest absolute Gasteiger partial charge is 0.247 e. The quantitative estimate of drug-likeness (QED) is 0.880. The number of hydrogen-bond acceptors (Lipinski definition) is 3. The fourth-order valence-corrected chi connectivity index (χ4v) is 2.76. The van der Waals surface area contributed by atoms with Crippen LogP contribution in [0.4, 0.5) is 5.69 Å². The molecule has 0 radical (unpaired) electrons. The maximum atomic E-state index is 12.2. The molecule has 0 saturated carbocycles. The molecule has 0 bridgehead atoms. The van der Waals surface area contributed by atoms with E-state index < -0.39 is 6.04 Å². The Labute approximate surface area is 124 Å². The molecular formula is C17H18N2O2. The maximum absolute atomic E-state index is 12.2. The zero-order valence-corrected chi connectivity index (χ0v) is 12.1. The minimum absolute atomic E-state index is 0.0478. The normalized spacial score (nSPS) is 21.1. The Morgan fingerprint density at radius 3 is 2.62 bits per heavy atom. The molecule has 0 spiro atoms. The summed E-state index contributed by atoms with van der Waals surface area (Å²) in [5, 5.41) is 0. The van der Waals surface area contributed by atoms with E-state index in [4.69, 9.17) is 10.5 Å². The number of methoxy groups -OCH3 is 1. The molecule has 1 fully saturated rings. The highest BCUT2D eigenvalue weighted by molar-refractivity contribution is 6.05. The van der Waals surface area contributed by atoms with Crippen LogP contribution >= 0.6 is 0 Å². The number of rotatable bonds is 3. The van der Waals surface area contributed by atoms with Gasteiger partial charge >= 0.3 is 0 Å². The lowest BCUT2D eigenvalue weighted by molar-refractivity contribution is -0.126. The summed E-state index contributed by atoms with van der Waals surface area (Å²) in [6.45, 7) is 2.01. The van der Waals surface area contributed by atoms with Crippen LogP contribution in [-0.2, 0) is 4.79 Å². The van der Waals surface area contributed by atoms with Gasteiger partial charge in [-0.1, -0.05) is 24.3 Å². The van der Waals surface area contributed by atoms with E-state index >= 15 is 0 Å². The summed E-state index contributed by atoms with van der Waals surface area (Å²) >= 11 is 0. The first-order valence-corrected chi connectivity index (χ1v) is 6.91. The van der Waals surface area contributed by atoms with Crippen LogP contribution in [0.15, 0.2) is 48.5 Å². The van der Waals surface area contributed by atoms with Gasteiger partial charge in [-0.05, 0) is 42.3 Å². The third kappa shape index (κ3) is 2.28. The molecule has 0 aromatic heterocycles. The minimum atomic E-state index is -0.502. The number of aryl methyl sites for hydroxylation is 1. The van der Waals surface area contributed by atoms with Crippen molar-refractivity contribution in [2.45, 2.75) is 19.0 Å². The molecule has 0 unspecified atom stereocenters. The number of nitrogens with two attached hydrogens (primary N) is 1. The Morgan fingerprint density at radius 2 is 1.90 bits per heavy atom. The first kappa shape index (κ1) is 13.6. The lowest BCUT2D eigenvalue weighted by atomic mass is 9.88. The summed E-state index contributed by atoms with van der Waals surface area (Å²) in [6, 6.07) is 14.9. The van der Waals surface area contributed by atoms with Gasteiger partial charge < -0.3 is 15.4 Å². The summed E-state index contributed by atoms with van der Waals surface area (Å²) in [7, 11) is 1.63. The molecule has 1 aliphatic heterocycles. The summed E-state index contributed by atoms with van der Waals surface area (Å²) in [6.07, 6.45) is 0. The number of anilines is 1. The summed E-state index contributed by atoms with van der Waals surface area (Å²) in [5.74, 6) is 0.719. The number of amides is 1. The third-order valence-corrected chi connectivity index (χ3v) is 3.86. The van der Waals surface area contributed by atoms with E-state index in [1.54, 1.807) is 12.0 Å². The van der Waals surface area contributed by atoms with Crippen LogP contribution in [0.3, 0.4) is 0 Å². The Bertz CT molecular complexity index is 684. The Balaban J connectivity index is 1.98. The van der Waals surface area contributed by atoms with Gasteiger partial charge in [-0.15, -0.1) is 0 Å². The zero-order chi connectivity index (χ0) is 15.0. The van der Waals surface area contributed by atoms with Crippen LogP contribution in [0.2, 0.25) is 0 Å². The molecular weight excluding hydrogens is 264 g/mol. The van der Waals surface area contributed by atoms with Crippen molar-refractivity contribution >= 4 is 11.6 Å². The molecule has 2 N–H and O–H groups in total. The van der Waals surface area contributed by atoms with Gasteiger partial charge in [0.15, 0.2) is 0 Å². The van der Waals surface area contributed by atoms with E-state index in [1.165, 1.54) is 0 Å². The molecule has 3 rings (SSSR count). The second-order valence-electron chi connectivity index (χ2n) is 5.29. The summed E-state index contributed by atoms with van der Waals surface area (Å²) in [5.41, 5.74) is 9.01. The number of nitrogens with zero attached hydrogens (tertiary/aromatic N) is 1. The van der Waals surface area contributed by atoms with E-state index in [0.29, 0.717) is 0 Å². The second-order valence-corrected chi connectivity index (χ2v) is 5.29. The number of ether oxygens (including phenoxy) is 1. The van der Waals surface area contributed by atoms with Crippen LogP contribution in [0, 0.1) is 6.92 Å². The van der Waals surface area contributed by atoms with Crippen LogP contribution in [-0.4, -0.2) is 19.1 Å². The predicted molar refractivity (Wildman–Crippen MR) is 82.4 cm³/mol. The highest BCUT2D eigenvalue weighted by atomic mass is 16.5. The molecule has 1 amide bonds. The highest BCUT2D eigenvalue weighted by Gasteiger charge is 2.46. The number of β-lactam (4-membered cyclic amide) rings is 1. The molecule has 108 valence electrons. The van der Waals surface area contributed by atoms with E-state index in [0.717, 1.165) is 22.6 Å². The summed E-state index contributed by atoms with van der Waals surface area (Å²) in [4.78, 5) is 13.9. The fourth-order valence-electron chi connectivity index (χ4n) is 2.76. The van der Waals surface area contributed by atoms with Crippen molar-refractivity contribution in [1.82, 2.24) is 0 Å². The van der Waals surface area contributed by atoms with Gasteiger partial charge in [0, 0.05) is 5.69 Å². The fraction of sp³-hybridized carbons (Fsp3) is 0.235. The SMILES string of the molecule is COc1cccc([C@H]2[C@H](N)C(=O)N2c2cccc(C)c2)c1. The molecule has 1 heterocycles. The van der Waals surface area contributed by atoms with Crippen LogP contribution in [0.25, 0.3) is 0 Å². The van der Waals surface area contributed by atoms with Gasteiger partial charge in [0.25, 0.3) is 0 Å². The standard InChI is InChI=1S/C17H18N2O2/c1-11-5-3-7-13(9-11)19-16(15(18)17(19)20)12-6-4-8-14(10-12)21-2/h3-10,15-16H,18H2,1-2H3/t15-,16-/m0/s1. The van der Waals surface area contributed by atoms with Crippen molar-refractivity contribution < 1.29 is 9.53 Å². The van der Waals surface area contributed by atoms with E-state index in [1.807, 2.05) is 55.5 Å². The van der Waals surface area contributed by atoms with Crippen molar-refractivity contribution in [3.8, 4) is 5.75 Å². The van der Waals surface area contributed by atoms with E-state index in [2.05, 4.69) is 0 Å². The first-order chi connectivity index (χ1) is 10.1.